The summed E-state index contributed by atoms with van der Waals surface area (Å²) in [5.74, 6) is 0. The highest BCUT2D eigenvalue weighted by atomic mass is 35.5. The summed E-state index contributed by atoms with van der Waals surface area (Å²) in [6, 6.07) is 8.00. The van der Waals surface area contributed by atoms with Gasteiger partial charge in [0.05, 0.1) is 17.6 Å². The maximum atomic E-state index is 5.96. The SMILES string of the molecule is CC(C)NCc1cnnn1-c1cccc(Cl)c1. The first kappa shape index (κ1) is 12.1. The second kappa shape index (κ2) is 5.29. The maximum Gasteiger partial charge on any atom is 0.0783 e. The summed E-state index contributed by atoms with van der Waals surface area (Å²) < 4.78 is 1.79. The van der Waals surface area contributed by atoms with Crippen LogP contribution >= 0.6 is 11.6 Å². The van der Waals surface area contributed by atoms with Crippen molar-refractivity contribution in [1.29, 1.82) is 0 Å². The lowest BCUT2D eigenvalue weighted by molar-refractivity contribution is 0.570. The van der Waals surface area contributed by atoms with Crippen molar-refractivity contribution >= 4 is 11.6 Å². The Morgan fingerprint density at radius 2 is 2.24 bits per heavy atom. The molecule has 0 aliphatic rings. The summed E-state index contributed by atoms with van der Waals surface area (Å²) in [5.41, 5.74) is 1.94. The van der Waals surface area contributed by atoms with E-state index in [4.69, 9.17) is 11.6 Å². The molecule has 1 aromatic carbocycles. The highest BCUT2D eigenvalue weighted by Crippen LogP contribution is 2.15. The monoisotopic (exact) mass is 250 g/mol. The summed E-state index contributed by atoms with van der Waals surface area (Å²) in [6.07, 6.45) is 1.76. The van der Waals surface area contributed by atoms with Crippen LogP contribution in [0.2, 0.25) is 5.02 Å². The Labute approximate surface area is 106 Å². The predicted octanol–water partition coefficient (Wildman–Crippen LogP) is 2.42. The van der Waals surface area contributed by atoms with Crippen LogP contribution in [-0.2, 0) is 6.54 Å². The number of rotatable bonds is 4. The van der Waals surface area contributed by atoms with E-state index in [1.54, 1.807) is 10.9 Å². The van der Waals surface area contributed by atoms with Crippen molar-refractivity contribution in [3.63, 3.8) is 0 Å². The second-order valence-corrected chi connectivity index (χ2v) is 4.59. The first-order chi connectivity index (χ1) is 8.16. The lowest BCUT2D eigenvalue weighted by atomic mass is 10.3. The number of hydrogen-bond acceptors (Lipinski definition) is 3. The normalized spacial score (nSPS) is 11.1. The van der Waals surface area contributed by atoms with Crippen LogP contribution in [-0.4, -0.2) is 21.0 Å². The Hall–Kier alpha value is -1.39. The summed E-state index contributed by atoms with van der Waals surface area (Å²) in [6.45, 7) is 4.94. The van der Waals surface area contributed by atoms with Gasteiger partial charge in [-0.2, -0.15) is 0 Å². The van der Waals surface area contributed by atoms with Crippen molar-refractivity contribution < 1.29 is 0 Å². The summed E-state index contributed by atoms with van der Waals surface area (Å²) >= 11 is 5.96. The minimum Gasteiger partial charge on any atom is -0.309 e. The van der Waals surface area contributed by atoms with E-state index in [1.165, 1.54) is 0 Å². The zero-order valence-corrected chi connectivity index (χ0v) is 10.6. The topological polar surface area (TPSA) is 42.7 Å². The Bertz CT molecular complexity index is 493. The van der Waals surface area contributed by atoms with Gasteiger partial charge in [-0.3, -0.25) is 0 Å². The van der Waals surface area contributed by atoms with Gasteiger partial charge in [0.15, 0.2) is 0 Å². The highest BCUT2D eigenvalue weighted by molar-refractivity contribution is 6.30. The lowest BCUT2D eigenvalue weighted by Crippen LogP contribution is -2.23. The van der Waals surface area contributed by atoms with Gasteiger partial charge in [-0.15, -0.1) is 5.10 Å². The molecule has 0 bridgehead atoms. The second-order valence-electron chi connectivity index (χ2n) is 4.15. The average Bonchev–Trinajstić information content (AvgIpc) is 2.74. The van der Waals surface area contributed by atoms with E-state index >= 15 is 0 Å². The Kier molecular flexibility index (Phi) is 3.76. The fourth-order valence-electron chi connectivity index (χ4n) is 1.51. The van der Waals surface area contributed by atoms with Crippen LogP contribution in [0, 0.1) is 0 Å². The predicted molar refractivity (Wildman–Crippen MR) is 68.3 cm³/mol. The zero-order chi connectivity index (χ0) is 12.3. The third-order valence-electron chi connectivity index (χ3n) is 2.36. The molecular formula is C12H15ClN4. The van der Waals surface area contributed by atoms with Crippen molar-refractivity contribution in [3.8, 4) is 5.69 Å². The Morgan fingerprint density at radius 1 is 1.41 bits per heavy atom. The molecule has 0 saturated carbocycles. The molecule has 0 radical (unpaired) electrons. The van der Waals surface area contributed by atoms with Gasteiger partial charge in [0.25, 0.3) is 0 Å². The molecule has 0 unspecified atom stereocenters. The van der Waals surface area contributed by atoms with E-state index in [0.29, 0.717) is 11.1 Å². The van der Waals surface area contributed by atoms with E-state index in [-0.39, 0.29) is 0 Å². The molecule has 4 nitrogen and oxygen atoms in total. The molecular weight excluding hydrogens is 236 g/mol. The van der Waals surface area contributed by atoms with Gasteiger partial charge in [0.2, 0.25) is 0 Å². The molecule has 2 aromatic rings. The molecule has 0 spiro atoms. The van der Waals surface area contributed by atoms with E-state index < -0.39 is 0 Å². The first-order valence-electron chi connectivity index (χ1n) is 5.55. The largest absolute Gasteiger partial charge is 0.309 e. The molecule has 1 aromatic heterocycles. The van der Waals surface area contributed by atoms with Crippen LogP contribution in [0.1, 0.15) is 19.5 Å². The lowest BCUT2D eigenvalue weighted by Gasteiger charge is -2.09. The summed E-state index contributed by atoms with van der Waals surface area (Å²) in [4.78, 5) is 0. The molecule has 0 saturated heterocycles. The van der Waals surface area contributed by atoms with Crippen molar-refractivity contribution in [2.45, 2.75) is 26.4 Å². The van der Waals surface area contributed by atoms with Crippen LogP contribution in [0.3, 0.4) is 0 Å². The van der Waals surface area contributed by atoms with Gasteiger partial charge in [0.1, 0.15) is 0 Å². The van der Waals surface area contributed by atoms with Crippen molar-refractivity contribution in [3.05, 3.63) is 41.2 Å². The number of aromatic nitrogens is 3. The third kappa shape index (κ3) is 3.05. The van der Waals surface area contributed by atoms with E-state index in [1.807, 2.05) is 24.3 Å². The first-order valence-corrected chi connectivity index (χ1v) is 5.93. The smallest absolute Gasteiger partial charge is 0.0783 e. The van der Waals surface area contributed by atoms with Gasteiger partial charge < -0.3 is 5.32 Å². The number of nitrogens with one attached hydrogen (secondary N) is 1. The summed E-state index contributed by atoms with van der Waals surface area (Å²) in [7, 11) is 0. The standard InChI is InChI=1S/C12H15ClN4/c1-9(2)14-7-12-8-15-16-17(12)11-5-3-4-10(13)6-11/h3-6,8-9,14H,7H2,1-2H3. The van der Waals surface area contributed by atoms with Gasteiger partial charge in [-0.25, -0.2) is 4.68 Å². The molecule has 90 valence electrons. The number of benzene rings is 1. The third-order valence-corrected chi connectivity index (χ3v) is 2.60. The molecule has 1 N–H and O–H groups in total. The quantitative estimate of drug-likeness (QED) is 0.906. The fourth-order valence-corrected chi connectivity index (χ4v) is 1.70. The summed E-state index contributed by atoms with van der Waals surface area (Å²) in [5, 5.41) is 12.0. The van der Waals surface area contributed by atoms with Crippen LogP contribution < -0.4 is 5.32 Å². The van der Waals surface area contributed by atoms with E-state index in [9.17, 15) is 0 Å². The molecule has 2 rings (SSSR count). The maximum absolute atomic E-state index is 5.96. The van der Waals surface area contributed by atoms with Crippen LogP contribution in [0.25, 0.3) is 5.69 Å². The van der Waals surface area contributed by atoms with E-state index in [0.717, 1.165) is 17.9 Å². The van der Waals surface area contributed by atoms with Gasteiger partial charge in [0, 0.05) is 17.6 Å². The number of halogens is 1. The van der Waals surface area contributed by atoms with Gasteiger partial charge >= 0.3 is 0 Å². The van der Waals surface area contributed by atoms with E-state index in [2.05, 4.69) is 29.5 Å². The number of nitrogens with zero attached hydrogens (tertiary/aromatic N) is 3. The molecule has 0 aliphatic heterocycles. The minimum atomic E-state index is 0.428. The zero-order valence-electron chi connectivity index (χ0n) is 9.89. The minimum absolute atomic E-state index is 0.428. The van der Waals surface area contributed by atoms with Crippen molar-refractivity contribution in [1.82, 2.24) is 20.3 Å². The molecule has 1 heterocycles. The molecule has 0 aliphatic carbocycles. The molecule has 0 fully saturated rings. The van der Waals surface area contributed by atoms with Crippen molar-refractivity contribution in [2.75, 3.05) is 0 Å². The van der Waals surface area contributed by atoms with Gasteiger partial charge in [-0.05, 0) is 18.2 Å². The fraction of sp³-hybridized carbons (Fsp3) is 0.333. The van der Waals surface area contributed by atoms with Crippen LogP contribution in [0.5, 0.6) is 0 Å². The Morgan fingerprint density at radius 3 is 2.94 bits per heavy atom. The Balaban J connectivity index is 2.24. The number of hydrogen-bond donors (Lipinski definition) is 1. The molecule has 5 heteroatoms. The van der Waals surface area contributed by atoms with Gasteiger partial charge in [-0.1, -0.05) is 36.7 Å². The van der Waals surface area contributed by atoms with Crippen molar-refractivity contribution in [2.24, 2.45) is 0 Å². The highest BCUT2D eigenvalue weighted by Gasteiger charge is 2.06. The van der Waals surface area contributed by atoms with Crippen LogP contribution in [0.4, 0.5) is 0 Å². The molecule has 17 heavy (non-hydrogen) atoms. The van der Waals surface area contributed by atoms with Crippen LogP contribution in [0.15, 0.2) is 30.5 Å². The molecule has 0 amide bonds. The average molecular weight is 251 g/mol. The molecule has 0 atom stereocenters.